The normalized spacial score (nSPS) is 30.5. The molecule has 3 fully saturated rings. The summed E-state index contributed by atoms with van der Waals surface area (Å²) in [4.78, 5) is 42.9. The Morgan fingerprint density at radius 1 is 0.928 bits per heavy atom. The van der Waals surface area contributed by atoms with E-state index in [0.717, 1.165) is 85.8 Å². The van der Waals surface area contributed by atoms with Crippen LogP contribution in [-0.4, -0.2) is 121 Å². The predicted molar refractivity (Wildman–Crippen MR) is 286 cm³/mol. The average molecular weight is 1020 g/mol. The number of rotatable bonds is 25. The van der Waals surface area contributed by atoms with Crippen molar-refractivity contribution in [3.8, 4) is 0 Å². The highest BCUT2D eigenvalue weighted by Gasteiger charge is 2.51. The molecule has 69 heavy (non-hydrogen) atoms. The number of ether oxygens (including phenoxy) is 4. The highest BCUT2D eigenvalue weighted by molar-refractivity contribution is 6.74. The molecule has 3 saturated heterocycles. The van der Waals surface area contributed by atoms with Crippen LogP contribution in [-0.2, 0) is 41.8 Å². The van der Waals surface area contributed by atoms with Crippen LogP contribution >= 0.6 is 0 Å². The van der Waals surface area contributed by atoms with E-state index in [2.05, 4.69) is 107 Å². The van der Waals surface area contributed by atoms with E-state index < -0.39 is 66.5 Å². The number of cyclic esters (lactones) is 1. The van der Waals surface area contributed by atoms with Crippen LogP contribution in [0.3, 0.4) is 0 Å². The summed E-state index contributed by atoms with van der Waals surface area (Å²) in [6.07, 6.45) is 11.4. The standard InChI is InChI=1S/C54H98N2O10Si3/c1-17-46(65-68(21-5,22-6)23-7)41(13)51-47(60-51)36-53(15,66-69(24-8,25-9)26-10)32-27-28-39(11)50-40(12)29-30-48(61-52(59)56-38-43-34-44(56)37-55-43)54(16,63-42(14)57)33-31-45(35-49(58)62-50)64-67(18-2,19-3)20-4/h27-30,32,40-41,43-48,50-51,55H,17-26,31,33-38H2,1-16H3/b30-29+,32-27+,39-28+/t40-,41+,43?,44?,45+,46-,47+,48?,50+,51+,53-,54+/m0/s1. The Balaban J connectivity index is 1.71. The number of hydrogen-bond donors (Lipinski definition) is 1. The molecule has 0 spiro atoms. The second kappa shape index (κ2) is 26.2. The molecular weight excluding hydrogens is 921 g/mol. The van der Waals surface area contributed by atoms with Crippen molar-refractivity contribution in [3.05, 3.63) is 36.0 Å². The number of allylic oxidation sites excluding steroid dienone is 2. The first-order valence-electron chi connectivity index (χ1n) is 27.5. The van der Waals surface area contributed by atoms with Crippen LogP contribution in [0.1, 0.15) is 149 Å². The fraction of sp³-hybridized carbons (Fsp3) is 0.833. The molecule has 4 heterocycles. The van der Waals surface area contributed by atoms with Gasteiger partial charge in [-0.15, -0.1) is 0 Å². The minimum absolute atomic E-state index is 0.0579. The molecule has 4 rings (SSSR count). The number of amides is 1. The lowest BCUT2D eigenvalue weighted by Crippen LogP contribution is -2.51. The smallest absolute Gasteiger partial charge is 0.410 e. The van der Waals surface area contributed by atoms with Crippen molar-refractivity contribution < 1.29 is 46.6 Å². The number of epoxide rings is 1. The van der Waals surface area contributed by atoms with Gasteiger partial charge >= 0.3 is 18.0 Å². The molecule has 15 heteroatoms. The molecule has 12 nitrogen and oxygen atoms in total. The summed E-state index contributed by atoms with van der Waals surface area (Å²) in [5, 5.41) is 3.46. The van der Waals surface area contributed by atoms with E-state index in [4.69, 9.17) is 32.2 Å². The van der Waals surface area contributed by atoms with Gasteiger partial charge in [0.05, 0.1) is 30.3 Å². The van der Waals surface area contributed by atoms with E-state index in [1.807, 2.05) is 32.9 Å². The van der Waals surface area contributed by atoms with Gasteiger partial charge in [0, 0.05) is 56.5 Å². The highest BCUT2D eigenvalue weighted by Crippen LogP contribution is 2.43. The predicted octanol–water partition coefficient (Wildman–Crippen LogP) is 12.4. The van der Waals surface area contributed by atoms with Crippen molar-refractivity contribution >= 4 is 43.0 Å². The monoisotopic (exact) mass is 1020 g/mol. The van der Waals surface area contributed by atoms with Crippen molar-refractivity contribution in [2.24, 2.45) is 11.8 Å². The number of carbonyl (C=O) groups is 3. The molecule has 4 aliphatic heterocycles. The first-order chi connectivity index (χ1) is 32.6. The lowest BCUT2D eigenvalue weighted by atomic mass is 9.88. The summed E-state index contributed by atoms with van der Waals surface area (Å²) < 4.78 is 47.1. The fourth-order valence-electron chi connectivity index (χ4n) is 11.7. The van der Waals surface area contributed by atoms with Crippen LogP contribution in [0.2, 0.25) is 54.4 Å². The Morgan fingerprint density at radius 3 is 2.06 bits per heavy atom. The summed E-state index contributed by atoms with van der Waals surface area (Å²) in [6, 6.07) is 9.53. The van der Waals surface area contributed by atoms with Crippen LogP contribution < -0.4 is 5.32 Å². The maximum Gasteiger partial charge on any atom is 0.410 e. The van der Waals surface area contributed by atoms with Crippen molar-refractivity contribution in [2.75, 3.05) is 13.1 Å². The zero-order valence-corrected chi connectivity index (χ0v) is 49.2. The molecule has 0 aliphatic carbocycles. The number of hydrogen-bond acceptors (Lipinski definition) is 11. The number of fused-ring (bicyclic) bond motifs is 2. The van der Waals surface area contributed by atoms with Gasteiger partial charge in [0.2, 0.25) is 0 Å². The maximum atomic E-state index is 14.2. The fourth-order valence-corrected chi connectivity index (χ4v) is 20.7. The molecule has 0 radical (unpaired) electrons. The van der Waals surface area contributed by atoms with Gasteiger partial charge in [-0.2, -0.15) is 0 Å². The molecule has 396 valence electrons. The first-order valence-corrected chi connectivity index (χ1v) is 35.1. The van der Waals surface area contributed by atoms with Crippen molar-refractivity contribution in [1.29, 1.82) is 0 Å². The molecule has 0 aromatic carbocycles. The number of piperazine rings is 1. The summed E-state index contributed by atoms with van der Waals surface area (Å²) in [6.45, 7) is 35.5. The molecule has 2 bridgehead atoms. The molecule has 0 aromatic heterocycles. The molecule has 3 unspecified atom stereocenters. The van der Waals surface area contributed by atoms with Gasteiger partial charge in [-0.25, -0.2) is 4.79 Å². The number of nitrogens with zero attached hydrogens (tertiary/aromatic N) is 1. The molecular formula is C54H98N2O10Si3. The van der Waals surface area contributed by atoms with Gasteiger partial charge in [-0.3, -0.25) is 9.59 Å². The summed E-state index contributed by atoms with van der Waals surface area (Å²) >= 11 is 0. The average Bonchev–Trinajstić information content (AvgIpc) is 3.72. The first kappa shape index (κ1) is 59.4. The molecule has 1 N–H and O–H groups in total. The molecule has 12 atom stereocenters. The summed E-state index contributed by atoms with van der Waals surface area (Å²) in [5.74, 6) is -0.861. The van der Waals surface area contributed by atoms with Gasteiger partial charge in [0.15, 0.2) is 31.1 Å². The third-order valence-electron chi connectivity index (χ3n) is 17.2. The molecule has 0 saturated carbocycles. The number of esters is 2. The Labute approximate surface area is 422 Å². The van der Waals surface area contributed by atoms with Gasteiger partial charge in [0.1, 0.15) is 11.7 Å². The van der Waals surface area contributed by atoms with E-state index in [1.54, 1.807) is 4.90 Å². The van der Waals surface area contributed by atoms with Gasteiger partial charge in [-0.05, 0) is 113 Å². The highest BCUT2D eigenvalue weighted by atomic mass is 28.4. The van der Waals surface area contributed by atoms with Gasteiger partial charge < -0.3 is 42.4 Å². The molecule has 1 amide bonds. The Hall–Kier alpha value is -2.12. The number of nitrogens with one attached hydrogen (secondary N) is 1. The van der Waals surface area contributed by atoms with Crippen LogP contribution in [0.25, 0.3) is 0 Å². The Kier molecular flexibility index (Phi) is 22.6. The van der Waals surface area contributed by atoms with E-state index in [1.165, 1.54) is 6.92 Å². The van der Waals surface area contributed by atoms with E-state index >= 15 is 0 Å². The van der Waals surface area contributed by atoms with Gasteiger partial charge in [-0.1, -0.05) is 107 Å². The Morgan fingerprint density at radius 2 is 1.54 bits per heavy atom. The van der Waals surface area contributed by atoms with Crippen LogP contribution in [0.4, 0.5) is 4.79 Å². The topological polar surface area (TPSA) is 134 Å². The van der Waals surface area contributed by atoms with Crippen molar-refractivity contribution in [1.82, 2.24) is 10.2 Å². The lowest BCUT2D eigenvalue weighted by molar-refractivity contribution is -0.168. The van der Waals surface area contributed by atoms with Crippen LogP contribution in [0, 0.1) is 11.8 Å². The summed E-state index contributed by atoms with van der Waals surface area (Å²) in [7, 11) is -6.06. The quantitative estimate of drug-likeness (QED) is 0.0234. The van der Waals surface area contributed by atoms with E-state index in [9.17, 15) is 14.4 Å². The van der Waals surface area contributed by atoms with Crippen molar-refractivity contribution in [3.63, 3.8) is 0 Å². The third-order valence-corrected chi connectivity index (χ3v) is 31.4. The second-order valence-electron chi connectivity index (χ2n) is 21.7. The van der Waals surface area contributed by atoms with Gasteiger partial charge in [0.25, 0.3) is 0 Å². The van der Waals surface area contributed by atoms with Crippen LogP contribution in [0.5, 0.6) is 0 Å². The lowest BCUT2D eigenvalue weighted by Gasteiger charge is -2.39. The molecule has 4 aliphatic rings. The van der Waals surface area contributed by atoms with E-state index in [-0.39, 0.29) is 54.6 Å². The summed E-state index contributed by atoms with van der Waals surface area (Å²) in [5.41, 5.74) is -0.949. The SMILES string of the molecule is CC[C@H](O[Si](CC)(CC)CC)[C@@H](C)[C@H]1O[C@@H]1C[C@](C)(/C=C/C=C(\C)[C@H]1OC(=O)C[C@H](O[Si](CC)(CC)CC)CC[C@@](C)(OC(C)=O)C(OC(=O)N2CC3CC2CN3)/C=C/[C@@H]1C)O[Si](CC)(CC)CC. The zero-order valence-electron chi connectivity index (χ0n) is 46.2. The Bertz CT molecular complexity index is 1730. The second-order valence-corrected chi connectivity index (χ2v) is 35.8. The largest absolute Gasteiger partial charge is 0.457 e. The minimum atomic E-state index is -2.20. The van der Waals surface area contributed by atoms with E-state index in [0.29, 0.717) is 19.4 Å². The van der Waals surface area contributed by atoms with Crippen LogP contribution in [0.15, 0.2) is 36.0 Å². The molecule has 0 aromatic rings. The number of likely N-dealkylation sites (tertiary alicyclic amines) is 1. The van der Waals surface area contributed by atoms with Crippen molar-refractivity contribution in [2.45, 2.75) is 264 Å². The zero-order chi connectivity index (χ0) is 51.4. The minimum Gasteiger partial charge on any atom is -0.457 e. The maximum absolute atomic E-state index is 14.2. The number of carbonyl (C=O) groups excluding carboxylic acids is 3. The third kappa shape index (κ3) is 15.5.